The third-order valence-corrected chi connectivity index (χ3v) is 5.43. The molecule has 2 aromatic heterocycles. The fourth-order valence-electron chi connectivity index (χ4n) is 2.52. The molecule has 1 atom stereocenters. The van der Waals surface area contributed by atoms with Crippen molar-refractivity contribution in [1.82, 2.24) is 15.2 Å². The van der Waals surface area contributed by atoms with Gasteiger partial charge in [0, 0.05) is 13.1 Å². The molecule has 3 heterocycles. The van der Waals surface area contributed by atoms with Gasteiger partial charge in [-0.3, -0.25) is 5.10 Å². The summed E-state index contributed by atoms with van der Waals surface area (Å²) in [5.41, 5.74) is 6.85. The van der Waals surface area contributed by atoms with Gasteiger partial charge in [-0.05, 0) is 43.2 Å². The molecule has 1 saturated heterocycles. The summed E-state index contributed by atoms with van der Waals surface area (Å²) in [6.07, 6.45) is 2.34. The molecule has 0 saturated carbocycles. The van der Waals surface area contributed by atoms with Gasteiger partial charge in [0.15, 0.2) is 5.82 Å². The maximum atomic E-state index is 6.28. The van der Waals surface area contributed by atoms with Gasteiger partial charge >= 0.3 is 0 Å². The predicted octanol–water partition coefficient (Wildman–Crippen LogP) is 2.67. The number of halogens is 1. The van der Waals surface area contributed by atoms with Crippen LogP contribution in [0, 0.1) is 12.8 Å². The van der Waals surface area contributed by atoms with E-state index < -0.39 is 0 Å². The summed E-state index contributed by atoms with van der Waals surface area (Å²) in [7, 11) is 0. The summed E-state index contributed by atoms with van der Waals surface area (Å²) < 4.78 is 0. The molecule has 0 radical (unpaired) electrons. The molecule has 0 bridgehead atoms. The van der Waals surface area contributed by atoms with Crippen molar-refractivity contribution >= 4 is 28.9 Å². The molecule has 2 aromatic rings. The van der Waals surface area contributed by atoms with Gasteiger partial charge in [0.25, 0.3) is 0 Å². The smallest absolute Gasteiger partial charge is 0.245 e. The van der Waals surface area contributed by atoms with Crippen LogP contribution < -0.4 is 10.6 Å². The Labute approximate surface area is 127 Å². The summed E-state index contributed by atoms with van der Waals surface area (Å²) >= 11 is 7.87. The van der Waals surface area contributed by atoms with E-state index in [4.69, 9.17) is 17.3 Å². The molecule has 1 fully saturated rings. The minimum atomic E-state index is 0.540. The molecule has 0 spiro atoms. The van der Waals surface area contributed by atoms with E-state index in [0.29, 0.717) is 5.92 Å². The normalized spacial score (nSPS) is 19.6. The molecule has 0 aliphatic carbocycles. The first-order valence-electron chi connectivity index (χ1n) is 6.80. The quantitative estimate of drug-likeness (QED) is 0.914. The second-order valence-electron chi connectivity index (χ2n) is 5.24. The lowest BCUT2D eigenvalue weighted by molar-refractivity contribution is 0.420. The van der Waals surface area contributed by atoms with Gasteiger partial charge in [-0.15, -0.1) is 16.4 Å². The second kappa shape index (κ2) is 5.71. The summed E-state index contributed by atoms with van der Waals surface area (Å²) in [4.78, 5) is 7.75. The fraction of sp³-hybridized carbons (Fsp3) is 0.538. The van der Waals surface area contributed by atoms with E-state index >= 15 is 0 Å². The lowest BCUT2D eigenvalue weighted by atomic mass is 9.99. The number of hydrogen-bond acceptors (Lipinski definition) is 5. The fourth-order valence-corrected chi connectivity index (χ4v) is 3.75. The lowest BCUT2D eigenvalue weighted by Crippen LogP contribution is -2.38. The number of H-pyrrole nitrogens is 1. The number of hydrogen-bond donors (Lipinski definition) is 2. The number of thiophene rings is 1. The Kier molecular flexibility index (Phi) is 3.96. The molecular formula is C13H18ClN5S. The van der Waals surface area contributed by atoms with Gasteiger partial charge in [0.1, 0.15) is 0 Å². The highest BCUT2D eigenvalue weighted by atomic mass is 35.5. The van der Waals surface area contributed by atoms with Crippen molar-refractivity contribution in [2.24, 2.45) is 11.7 Å². The number of anilines is 1. The number of rotatable bonds is 3. The lowest BCUT2D eigenvalue weighted by Gasteiger charge is -2.31. The molecule has 108 valence electrons. The van der Waals surface area contributed by atoms with Gasteiger partial charge in [0.2, 0.25) is 5.95 Å². The minimum absolute atomic E-state index is 0.540. The van der Waals surface area contributed by atoms with Gasteiger partial charge in [0.05, 0.1) is 9.90 Å². The highest BCUT2D eigenvalue weighted by Crippen LogP contribution is 2.35. The van der Waals surface area contributed by atoms with Crippen molar-refractivity contribution < 1.29 is 0 Å². The van der Waals surface area contributed by atoms with Crippen LogP contribution >= 0.6 is 22.9 Å². The zero-order chi connectivity index (χ0) is 14.1. The molecule has 3 N–H and O–H groups in total. The molecule has 5 nitrogen and oxygen atoms in total. The Hall–Kier alpha value is -1.11. The summed E-state index contributed by atoms with van der Waals surface area (Å²) in [6.45, 7) is 4.65. The number of aromatic amines is 1. The van der Waals surface area contributed by atoms with Crippen molar-refractivity contribution in [2.45, 2.75) is 19.8 Å². The van der Waals surface area contributed by atoms with Crippen molar-refractivity contribution in [2.75, 3.05) is 24.5 Å². The molecule has 1 aliphatic heterocycles. The second-order valence-corrected chi connectivity index (χ2v) is 6.49. The van der Waals surface area contributed by atoms with Crippen molar-refractivity contribution in [3.8, 4) is 10.7 Å². The summed E-state index contributed by atoms with van der Waals surface area (Å²) in [5, 5.41) is 10.1. The zero-order valence-corrected chi connectivity index (χ0v) is 13.0. The standard InChI is InChI=1S/C13H18ClN5S/c1-8-7-20-11(10(8)14)12-16-13(18-17-12)19-4-2-3-9(5-15)6-19/h7,9H,2-6,15H2,1H3,(H,16,17,18). The van der Waals surface area contributed by atoms with Crippen LogP contribution in [0.15, 0.2) is 5.38 Å². The van der Waals surface area contributed by atoms with E-state index in [9.17, 15) is 0 Å². The van der Waals surface area contributed by atoms with Crippen molar-refractivity contribution in [3.05, 3.63) is 16.0 Å². The van der Waals surface area contributed by atoms with Gasteiger partial charge in [-0.2, -0.15) is 4.98 Å². The Bertz CT molecular complexity index is 593. The van der Waals surface area contributed by atoms with Crippen LogP contribution in [0.3, 0.4) is 0 Å². The molecule has 1 aliphatic rings. The third-order valence-electron chi connectivity index (χ3n) is 3.72. The molecule has 0 amide bonds. The van der Waals surface area contributed by atoms with E-state index in [-0.39, 0.29) is 0 Å². The monoisotopic (exact) mass is 311 g/mol. The molecular weight excluding hydrogens is 294 g/mol. The highest BCUT2D eigenvalue weighted by Gasteiger charge is 2.22. The van der Waals surface area contributed by atoms with Crippen LogP contribution in [0.1, 0.15) is 18.4 Å². The number of nitrogens with two attached hydrogens (primary N) is 1. The molecule has 3 rings (SSSR count). The number of piperidine rings is 1. The Morgan fingerprint density at radius 1 is 1.60 bits per heavy atom. The van der Waals surface area contributed by atoms with E-state index in [1.807, 2.05) is 12.3 Å². The zero-order valence-electron chi connectivity index (χ0n) is 11.4. The first kappa shape index (κ1) is 13.9. The summed E-state index contributed by atoms with van der Waals surface area (Å²) in [6, 6.07) is 0. The van der Waals surface area contributed by atoms with Gasteiger partial charge < -0.3 is 10.6 Å². The van der Waals surface area contributed by atoms with Crippen molar-refractivity contribution in [1.29, 1.82) is 0 Å². The first-order valence-corrected chi connectivity index (χ1v) is 8.06. The van der Waals surface area contributed by atoms with Crippen LogP contribution in [0.5, 0.6) is 0 Å². The average Bonchev–Trinajstić information content (AvgIpc) is 3.07. The number of aryl methyl sites for hydroxylation is 1. The minimum Gasteiger partial charge on any atom is -0.339 e. The van der Waals surface area contributed by atoms with E-state index in [0.717, 1.165) is 53.3 Å². The topological polar surface area (TPSA) is 70.8 Å². The predicted molar refractivity (Wildman–Crippen MR) is 83.4 cm³/mol. The molecule has 20 heavy (non-hydrogen) atoms. The maximum absolute atomic E-state index is 6.28. The van der Waals surface area contributed by atoms with Crippen LogP contribution in [0.2, 0.25) is 5.02 Å². The van der Waals surface area contributed by atoms with Crippen LogP contribution in [-0.4, -0.2) is 34.8 Å². The third kappa shape index (κ3) is 2.55. The van der Waals surface area contributed by atoms with E-state index in [2.05, 4.69) is 20.1 Å². The number of aromatic nitrogens is 3. The van der Waals surface area contributed by atoms with E-state index in [1.165, 1.54) is 6.42 Å². The number of nitrogens with zero attached hydrogens (tertiary/aromatic N) is 3. The van der Waals surface area contributed by atoms with E-state index in [1.54, 1.807) is 11.3 Å². The van der Waals surface area contributed by atoms with Crippen LogP contribution in [0.4, 0.5) is 5.95 Å². The SMILES string of the molecule is Cc1csc(-c2nc(N3CCCC(CN)C3)n[nH]2)c1Cl. The van der Waals surface area contributed by atoms with Crippen molar-refractivity contribution in [3.63, 3.8) is 0 Å². The highest BCUT2D eigenvalue weighted by molar-refractivity contribution is 7.14. The average molecular weight is 312 g/mol. The molecule has 7 heteroatoms. The Morgan fingerprint density at radius 2 is 2.45 bits per heavy atom. The molecule has 1 unspecified atom stereocenters. The Morgan fingerprint density at radius 3 is 3.15 bits per heavy atom. The van der Waals surface area contributed by atoms with Crippen LogP contribution in [-0.2, 0) is 0 Å². The maximum Gasteiger partial charge on any atom is 0.245 e. The number of nitrogens with one attached hydrogen (secondary N) is 1. The summed E-state index contributed by atoms with van der Waals surface area (Å²) in [5.74, 6) is 2.04. The first-order chi connectivity index (χ1) is 9.69. The van der Waals surface area contributed by atoms with Crippen LogP contribution in [0.25, 0.3) is 10.7 Å². The largest absolute Gasteiger partial charge is 0.339 e. The van der Waals surface area contributed by atoms with Gasteiger partial charge in [-0.25, -0.2) is 0 Å². The van der Waals surface area contributed by atoms with Gasteiger partial charge in [-0.1, -0.05) is 11.6 Å². The Balaban J connectivity index is 1.81. The molecule has 0 aromatic carbocycles.